The average molecular weight is 597 g/mol. The summed E-state index contributed by atoms with van der Waals surface area (Å²) in [6, 6.07) is 3.08. The highest BCUT2D eigenvalue weighted by Crippen LogP contribution is 2.67. The van der Waals surface area contributed by atoms with Gasteiger partial charge in [-0.15, -0.1) is 0 Å². The normalized spacial score (nSPS) is 32.2. The number of unbranched alkanes of at least 4 members (excludes halogenated alkanes) is 1. The summed E-state index contributed by atoms with van der Waals surface area (Å²) in [6.07, 6.45) is 2.23. The van der Waals surface area contributed by atoms with Gasteiger partial charge < -0.3 is 30.3 Å². The van der Waals surface area contributed by atoms with Crippen LogP contribution >= 0.6 is 0 Å². The van der Waals surface area contributed by atoms with Crippen molar-refractivity contribution in [1.29, 1.82) is 0 Å². The minimum Gasteiger partial charge on any atom is -0.511 e. The zero-order valence-electron chi connectivity index (χ0n) is 25.5. The van der Waals surface area contributed by atoms with Crippen LogP contribution in [0.5, 0.6) is 5.75 Å². The minimum atomic E-state index is -2.95. The molecule has 0 fully saturated rings. The molecule has 10 nitrogen and oxygen atoms in total. The van der Waals surface area contributed by atoms with Crippen molar-refractivity contribution in [2.75, 3.05) is 6.61 Å². The van der Waals surface area contributed by atoms with E-state index in [9.17, 15) is 44.7 Å². The monoisotopic (exact) mass is 596 g/mol. The number of esters is 1. The van der Waals surface area contributed by atoms with Gasteiger partial charge in [0.25, 0.3) is 0 Å². The topological polar surface area (TPSA) is 179 Å². The number of carbonyl (C=O) groups excluding carboxylic acids is 4. The maximum atomic E-state index is 14.2. The van der Waals surface area contributed by atoms with Crippen LogP contribution in [-0.4, -0.2) is 67.2 Å². The van der Waals surface area contributed by atoms with Crippen LogP contribution in [0.2, 0.25) is 0 Å². The van der Waals surface area contributed by atoms with Crippen molar-refractivity contribution in [3.8, 4) is 5.75 Å². The van der Waals surface area contributed by atoms with Gasteiger partial charge in [-0.3, -0.25) is 14.4 Å². The van der Waals surface area contributed by atoms with Crippen molar-refractivity contribution in [3.05, 3.63) is 57.6 Å². The number of aromatic hydroxyl groups is 1. The number of fused-ring (bicyclic) bond motifs is 3. The van der Waals surface area contributed by atoms with Crippen LogP contribution < -0.4 is 0 Å². The Bertz CT molecular complexity index is 1510. The van der Waals surface area contributed by atoms with Gasteiger partial charge in [0, 0.05) is 28.4 Å². The number of rotatable bonds is 7. The molecule has 6 atom stereocenters. The molecule has 0 amide bonds. The Kier molecular flexibility index (Phi) is 8.04. The van der Waals surface area contributed by atoms with Crippen molar-refractivity contribution in [2.24, 2.45) is 22.7 Å². The van der Waals surface area contributed by atoms with Crippen molar-refractivity contribution >= 4 is 29.4 Å². The van der Waals surface area contributed by atoms with E-state index >= 15 is 0 Å². The lowest BCUT2D eigenvalue weighted by Gasteiger charge is -2.63. The zero-order chi connectivity index (χ0) is 32.4. The third-order valence-corrected chi connectivity index (χ3v) is 10.0. The van der Waals surface area contributed by atoms with E-state index in [1.54, 1.807) is 26.8 Å². The molecule has 0 aliphatic heterocycles. The highest BCUT2D eigenvalue weighted by molar-refractivity contribution is 6.25. The fourth-order valence-electron chi connectivity index (χ4n) is 7.61. The standard InChI is InChI=1S/C33H40O10/c1-8-9-14-43-20(35)13-11-18-10-12-19-16(4)31(6)24(27(38)22(19)25(18)36)29(40)33(42)28(39)21(17(5)34)26(37)23(15(2)3)32(33,7)30(31)41/h10-13,15-16,23,30,36-37,40-42H,8-9,14H2,1-7H3/b13-11+/t16-,23?,30-,31+,32+,33+/m1/s1. The Morgan fingerprint density at radius 3 is 2.30 bits per heavy atom. The smallest absolute Gasteiger partial charge is 0.330 e. The quantitative estimate of drug-likeness (QED) is 0.132. The van der Waals surface area contributed by atoms with Gasteiger partial charge in [-0.1, -0.05) is 60.1 Å². The third-order valence-electron chi connectivity index (χ3n) is 10.0. The predicted molar refractivity (Wildman–Crippen MR) is 156 cm³/mol. The molecule has 43 heavy (non-hydrogen) atoms. The fourth-order valence-corrected chi connectivity index (χ4v) is 7.61. The van der Waals surface area contributed by atoms with E-state index in [4.69, 9.17) is 4.74 Å². The van der Waals surface area contributed by atoms with Crippen molar-refractivity contribution in [3.63, 3.8) is 0 Å². The number of Topliss-reactive ketones (excluding diaryl/α,β-unsaturated/α-hetero) is 3. The molecule has 4 rings (SSSR count). The van der Waals surface area contributed by atoms with Crippen LogP contribution in [0.1, 0.15) is 88.7 Å². The lowest BCUT2D eigenvalue weighted by atomic mass is 9.41. The largest absolute Gasteiger partial charge is 0.511 e. The zero-order valence-corrected chi connectivity index (χ0v) is 25.5. The number of aliphatic hydroxyl groups excluding tert-OH is 3. The van der Waals surface area contributed by atoms with Gasteiger partial charge >= 0.3 is 5.97 Å². The molecule has 0 bridgehead atoms. The van der Waals surface area contributed by atoms with Gasteiger partial charge in [-0.05, 0) is 36.8 Å². The molecule has 1 aromatic rings. The molecule has 0 aromatic heterocycles. The van der Waals surface area contributed by atoms with Crippen LogP contribution in [0, 0.1) is 22.7 Å². The number of phenolic OH excluding ortho intramolecular Hbond substituents is 1. The number of benzene rings is 1. The molecule has 0 heterocycles. The lowest BCUT2D eigenvalue weighted by molar-refractivity contribution is -0.211. The third kappa shape index (κ3) is 4.13. The summed E-state index contributed by atoms with van der Waals surface area (Å²) in [7, 11) is 0. The van der Waals surface area contributed by atoms with Gasteiger partial charge in [0.1, 0.15) is 22.8 Å². The molecular weight excluding hydrogens is 556 g/mol. The number of ketones is 3. The fraction of sp³-hybridized carbons (Fsp3) is 0.515. The number of carbonyl (C=O) groups is 4. The summed E-state index contributed by atoms with van der Waals surface area (Å²) in [6.45, 7) is 11.2. The molecule has 1 aromatic carbocycles. The number of ether oxygens (including phenoxy) is 1. The molecule has 5 N–H and O–H groups in total. The first kappa shape index (κ1) is 32.2. The Balaban J connectivity index is 1.97. The van der Waals surface area contributed by atoms with Crippen LogP contribution in [0.4, 0.5) is 0 Å². The second-order valence-corrected chi connectivity index (χ2v) is 12.6. The number of hydrogen-bond acceptors (Lipinski definition) is 10. The lowest BCUT2D eigenvalue weighted by Crippen LogP contribution is -2.73. The van der Waals surface area contributed by atoms with Crippen molar-refractivity contribution < 1.29 is 49.4 Å². The number of aliphatic hydroxyl groups is 4. The molecule has 232 valence electrons. The van der Waals surface area contributed by atoms with E-state index < -0.39 is 92.0 Å². The van der Waals surface area contributed by atoms with Crippen LogP contribution in [-0.2, 0) is 19.1 Å². The minimum absolute atomic E-state index is 0.107. The van der Waals surface area contributed by atoms with E-state index in [2.05, 4.69) is 0 Å². The van der Waals surface area contributed by atoms with E-state index in [1.165, 1.54) is 26.0 Å². The highest BCUT2D eigenvalue weighted by atomic mass is 16.5. The van der Waals surface area contributed by atoms with Crippen molar-refractivity contribution in [1.82, 2.24) is 0 Å². The number of phenols is 1. The second-order valence-electron chi connectivity index (χ2n) is 12.6. The first-order valence-electron chi connectivity index (χ1n) is 14.5. The maximum absolute atomic E-state index is 14.2. The highest BCUT2D eigenvalue weighted by Gasteiger charge is 2.76. The molecule has 3 aliphatic rings. The Labute approximate surface area is 250 Å². The molecule has 0 saturated heterocycles. The van der Waals surface area contributed by atoms with Crippen LogP contribution in [0.15, 0.2) is 40.9 Å². The van der Waals surface area contributed by atoms with Gasteiger partial charge in [0.05, 0.1) is 23.8 Å². The summed E-state index contributed by atoms with van der Waals surface area (Å²) in [5, 5.41) is 58.7. The Morgan fingerprint density at radius 1 is 1.12 bits per heavy atom. The SMILES string of the molecule is CCCCOC(=O)/C=C/c1ccc2c(c1O)C(=O)C1=C(O)[C@@]3(O)C(=O)C(C(C)=O)=C(O)C(C(C)C)[C@@]3(C)[C@H](O)[C@@]1(C)[C@@H]2C. The molecule has 3 aliphatic carbocycles. The van der Waals surface area contributed by atoms with Crippen molar-refractivity contribution in [2.45, 2.75) is 78.9 Å². The molecule has 10 heteroatoms. The van der Waals surface area contributed by atoms with Gasteiger partial charge in [-0.2, -0.15) is 0 Å². The molecule has 0 spiro atoms. The average Bonchev–Trinajstić information content (AvgIpc) is 2.92. The summed E-state index contributed by atoms with van der Waals surface area (Å²) >= 11 is 0. The second kappa shape index (κ2) is 10.7. The first-order chi connectivity index (χ1) is 19.9. The Hall–Kier alpha value is -3.76. The van der Waals surface area contributed by atoms with E-state index in [-0.39, 0.29) is 17.7 Å². The van der Waals surface area contributed by atoms with Crippen LogP contribution in [0.25, 0.3) is 6.08 Å². The van der Waals surface area contributed by atoms with E-state index in [0.29, 0.717) is 12.0 Å². The Morgan fingerprint density at radius 2 is 1.74 bits per heavy atom. The summed E-state index contributed by atoms with van der Waals surface area (Å²) in [5.41, 5.74) is -7.50. The van der Waals surface area contributed by atoms with Crippen LogP contribution in [0.3, 0.4) is 0 Å². The first-order valence-corrected chi connectivity index (χ1v) is 14.5. The van der Waals surface area contributed by atoms with E-state index in [0.717, 1.165) is 19.4 Å². The number of hydrogen-bond donors (Lipinski definition) is 5. The maximum Gasteiger partial charge on any atom is 0.330 e. The molecular formula is C33H40O10. The summed E-state index contributed by atoms with van der Waals surface area (Å²) in [5.74, 6) is -8.31. The molecule has 0 radical (unpaired) electrons. The predicted octanol–water partition coefficient (Wildman–Crippen LogP) is 4.23. The summed E-state index contributed by atoms with van der Waals surface area (Å²) in [4.78, 5) is 52.7. The van der Waals surface area contributed by atoms with Gasteiger partial charge in [0.2, 0.25) is 5.78 Å². The molecule has 1 unspecified atom stereocenters. The van der Waals surface area contributed by atoms with Gasteiger partial charge in [0.15, 0.2) is 17.2 Å². The molecule has 0 saturated carbocycles. The summed E-state index contributed by atoms with van der Waals surface area (Å²) < 4.78 is 5.10. The van der Waals surface area contributed by atoms with Gasteiger partial charge in [-0.25, -0.2) is 4.79 Å². The number of allylic oxidation sites excluding steroid dienone is 1. The van der Waals surface area contributed by atoms with E-state index in [1.807, 2.05) is 6.92 Å².